The molecule has 1 heterocycles. The van der Waals surface area contributed by atoms with Crippen LogP contribution in [-0.2, 0) is 19.7 Å². The summed E-state index contributed by atoms with van der Waals surface area (Å²) in [7, 11) is 0. The Hall–Kier alpha value is -2.88. The predicted molar refractivity (Wildman–Crippen MR) is 104 cm³/mol. The Morgan fingerprint density at radius 3 is 2.46 bits per heavy atom. The third-order valence-electron chi connectivity index (χ3n) is 4.79. The second-order valence-corrected chi connectivity index (χ2v) is 7.01. The predicted octanol–water partition coefficient (Wildman–Crippen LogP) is 3.82. The molecule has 0 aromatic heterocycles. The van der Waals surface area contributed by atoms with Crippen molar-refractivity contribution in [3.63, 3.8) is 0 Å². The van der Waals surface area contributed by atoms with Gasteiger partial charge in [-0.1, -0.05) is 23.7 Å². The highest BCUT2D eigenvalue weighted by molar-refractivity contribution is 6.30. The van der Waals surface area contributed by atoms with E-state index in [0.29, 0.717) is 36.8 Å². The molecule has 1 amide bonds. The van der Waals surface area contributed by atoms with E-state index in [1.54, 1.807) is 18.2 Å². The van der Waals surface area contributed by atoms with Crippen LogP contribution in [0, 0.1) is 11.3 Å². The summed E-state index contributed by atoms with van der Waals surface area (Å²) < 4.78 is 10.5. The highest BCUT2D eigenvalue weighted by atomic mass is 35.5. The number of hydrogen-bond acceptors (Lipinski definition) is 5. The van der Waals surface area contributed by atoms with Crippen LogP contribution in [0.5, 0.6) is 5.75 Å². The Labute approximate surface area is 168 Å². The highest BCUT2D eigenvalue weighted by Crippen LogP contribution is 2.37. The molecular formula is C21H19ClN2O4. The molecule has 0 unspecified atom stereocenters. The SMILES string of the molecule is CC(=O)Oc1ccc(NC(=O)C2(c3ccc(Cl)cc3)CCOCC2)cc1C#N. The largest absolute Gasteiger partial charge is 0.425 e. The number of rotatable bonds is 4. The van der Waals surface area contributed by atoms with Gasteiger partial charge in [-0.25, -0.2) is 0 Å². The van der Waals surface area contributed by atoms with Crippen LogP contribution in [-0.4, -0.2) is 25.1 Å². The first-order valence-corrected chi connectivity index (χ1v) is 9.20. The first-order chi connectivity index (χ1) is 13.4. The molecule has 0 atom stereocenters. The molecule has 1 N–H and O–H groups in total. The minimum Gasteiger partial charge on any atom is -0.425 e. The normalized spacial score (nSPS) is 15.3. The summed E-state index contributed by atoms with van der Waals surface area (Å²) >= 11 is 6.00. The van der Waals surface area contributed by atoms with Gasteiger partial charge in [-0.05, 0) is 48.7 Å². The maximum absolute atomic E-state index is 13.3. The van der Waals surface area contributed by atoms with Gasteiger partial charge in [0.05, 0.1) is 11.0 Å². The monoisotopic (exact) mass is 398 g/mol. The molecule has 0 spiro atoms. The third kappa shape index (κ3) is 4.16. The molecule has 1 saturated heterocycles. The van der Waals surface area contributed by atoms with Gasteiger partial charge in [-0.3, -0.25) is 9.59 Å². The van der Waals surface area contributed by atoms with E-state index in [2.05, 4.69) is 5.32 Å². The van der Waals surface area contributed by atoms with Crippen LogP contribution >= 0.6 is 11.6 Å². The summed E-state index contributed by atoms with van der Waals surface area (Å²) in [6.45, 7) is 2.22. The molecule has 1 aliphatic heterocycles. The number of nitrogens with zero attached hydrogens (tertiary/aromatic N) is 1. The van der Waals surface area contributed by atoms with E-state index >= 15 is 0 Å². The highest BCUT2D eigenvalue weighted by Gasteiger charge is 2.41. The van der Waals surface area contributed by atoms with Gasteiger partial charge in [0.1, 0.15) is 11.8 Å². The van der Waals surface area contributed by atoms with Crippen molar-refractivity contribution in [3.05, 3.63) is 58.6 Å². The van der Waals surface area contributed by atoms with E-state index in [1.165, 1.54) is 19.1 Å². The molecule has 6 nitrogen and oxygen atoms in total. The fraction of sp³-hybridized carbons (Fsp3) is 0.286. The Morgan fingerprint density at radius 1 is 1.18 bits per heavy atom. The molecule has 7 heteroatoms. The number of amides is 1. The molecule has 28 heavy (non-hydrogen) atoms. The molecule has 1 aliphatic rings. The number of nitrogens with one attached hydrogen (secondary N) is 1. The minimum atomic E-state index is -0.746. The van der Waals surface area contributed by atoms with Gasteiger partial charge in [0, 0.05) is 30.8 Å². The van der Waals surface area contributed by atoms with Crippen molar-refractivity contribution in [3.8, 4) is 11.8 Å². The molecule has 1 fully saturated rings. The Balaban J connectivity index is 1.89. The first-order valence-electron chi connectivity index (χ1n) is 8.82. The summed E-state index contributed by atoms with van der Waals surface area (Å²) in [6, 6.07) is 13.8. The Bertz CT molecular complexity index is 928. The topological polar surface area (TPSA) is 88.4 Å². The second-order valence-electron chi connectivity index (χ2n) is 6.57. The summed E-state index contributed by atoms with van der Waals surface area (Å²) in [4.78, 5) is 24.4. The number of esters is 1. The zero-order chi connectivity index (χ0) is 20.1. The lowest BCUT2D eigenvalue weighted by atomic mass is 9.73. The van der Waals surface area contributed by atoms with E-state index in [9.17, 15) is 14.9 Å². The Morgan fingerprint density at radius 2 is 1.86 bits per heavy atom. The second kappa shape index (κ2) is 8.42. The van der Waals surface area contributed by atoms with E-state index < -0.39 is 11.4 Å². The van der Waals surface area contributed by atoms with Crippen molar-refractivity contribution in [1.29, 1.82) is 5.26 Å². The average molecular weight is 399 g/mol. The summed E-state index contributed by atoms with van der Waals surface area (Å²) in [6.07, 6.45) is 1.08. The van der Waals surface area contributed by atoms with Gasteiger partial charge in [0.2, 0.25) is 5.91 Å². The van der Waals surface area contributed by atoms with Crippen LogP contribution in [0.25, 0.3) is 0 Å². The van der Waals surface area contributed by atoms with Crippen LogP contribution in [0.3, 0.4) is 0 Å². The van der Waals surface area contributed by atoms with Gasteiger partial charge in [-0.2, -0.15) is 5.26 Å². The standard InChI is InChI=1S/C21H19ClN2O4/c1-14(25)28-19-7-6-18(12-15(19)13-23)24-20(26)21(8-10-27-11-9-21)16-2-4-17(22)5-3-16/h2-7,12H,8-11H2,1H3,(H,24,26). The number of benzene rings is 2. The number of carbonyl (C=O) groups excluding carboxylic acids is 2. The van der Waals surface area contributed by atoms with Gasteiger partial charge >= 0.3 is 5.97 Å². The van der Waals surface area contributed by atoms with Gasteiger partial charge in [0.15, 0.2) is 0 Å². The minimum absolute atomic E-state index is 0.159. The number of ether oxygens (including phenoxy) is 2. The van der Waals surface area contributed by atoms with Crippen LogP contribution in [0.4, 0.5) is 5.69 Å². The van der Waals surface area contributed by atoms with Crippen molar-refractivity contribution < 1.29 is 19.1 Å². The maximum Gasteiger partial charge on any atom is 0.308 e. The molecule has 144 valence electrons. The number of anilines is 1. The molecule has 3 rings (SSSR count). The number of nitriles is 1. The summed E-state index contributed by atoms with van der Waals surface area (Å²) in [5, 5.41) is 12.8. The van der Waals surface area contributed by atoms with Gasteiger partial charge in [0.25, 0.3) is 0 Å². The van der Waals surface area contributed by atoms with Crippen molar-refractivity contribution in [2.75, 3.05) is 18.5 Å². The van der Waals surface area contributed by atoms with E-state index in [1.807, 2.05) is 18.2 Å². The lowest BCUT2D eigenvalue weighted by Gasteiger charge is -2.36. The van der Waals surface area contributed by atoms with E-state index in [0.717, 1.165) is 5.56 Å². The molecular weight excluding hydrogens is 380 g/mol. The van der Waals surface area contributed by atoms with E-state index in [4.69, 9.17) is 21.1 Å². The van der Waals surface area contributed by atoms with Crippen molar-refractivity contribution >= 4 is 29.2 Å². The smallest absolute Gasteiger partial charge is 0.308 e. The lowest BCUT2D eigenvalue weighted by Crippen LogP contribution is -2.44. The maximum atomic E-state index is 13.3. The van der Waals surface area contributed by atoms with Gasteiger partial charge < -0.3 is 14.8 Å². The zero-order valence-corrected chi connectivity index (χ0v) is 16.1. The summed E-state index contributed by atoms with van der Waals surface area (Å²) in [5.41, 5.74) is 0.747. The number of halogens is 1. The first kappa shape index (κ1) is 19.9. The number of hydrogen-bond donors (Lipinski definition) is 1. The quantitative estimate of drug-likeness (QED) is 0.624. The van der Waals surface area contributed by atoms with Crippen LogP contribution in [0.15, 0.2) is 42.5 Å². The summed E-state index contributed by atoms with van der Waals surface area (Å²) in [5.74, 6) is -0.536. The third-order valence-corrected chi connectivity index (χ3v) is 5.04. The van der Waals surface area contributed by atoms with E-state index in [-0.39, 0.29) is 17.2 Å². The zero-order valence-electron chi connectivity index (χ0n) is 15.3. The van der Waals surface area contributed by atoms with Crippen LogP contribution in [0.2, 0.25) is 5.02 Å². The molecule has 0 radical (unpaired) electrons. The Kier molecular flexibility index (Phi) is 5.98. The fourth-order valence-electron chi connectivity index (χ4n) is 3.33. The average Bonchev–Trinajstić information content (AvgIpc) is 2.69. The van der Waals surface area contributed by atoms with Gasteiger partial charge in [-0.15, -0.1) is 0 Å². The molecule has 0 bridgehead atoms. The molecule has 0 saturated carbocycles. The molecule has 2 aromatic carbocycles. The fourth-order valence-corrected chi connectivity index (χ4v) is 3.45. The number of carbonyl (C=O) groups is 2. The van der Waals surface area contributed by atoms with Crippen LogP contribution in [0.1, 0.15) is 30.9 Å². The van der Waals surface area contributed by atoms with Crippen molar-refractivity contribution in [2.24, 2.45) is 0 Å². The van der Waals surface area contributed by atoms with Crippen molar-refractivity contribution in [2.45, 2.75) is 25.2 Å². The lowest BCUT2D eigenvalue weighted by molar-refractivity contribution is -0.132. The van der Waals surface area contributed by atoms with Crippen molar-refractivity contribution in [1.82, 2.24) is 0 Å². The molecule has 0 aliphatic carbocycles. The van der Waals surface area contributed by atoms with Crippen LogP contribution < -0.4 is 10.1 Å². The molecule has 2 aromatic rings.